The molecule has 2 N–H and O–H groups in total. The molecule has 1 aromatic carbocycles. The van der Waals surface area contributed by atoms with Gasteiger partial charge in [-0.1, -0.05) is 32.9 Å². The van der Waals surface area contributed by atoms with Gasteiger partial charge in [-0.15, -0.1) is 0 Å². The Morgan fingerprint density at radius 1 is 1.28 bits per heavy atom. The fourth-order valence-electron chi connectivity index (χ4n) is 2.19. The van der Waals surface area contributed by atoms with E-state index < -0.39 is 12.0 Å². The van der Waals surface area contributed by atoms with Gasteiger partial charge < -0.3 is 10.2 Å². The molecule has 3 nitrogen and oxygen atoms in total. The highest BCUT2D eigenvalue weighted by Crippen LogP contribution is 2.34. The quantitative estimate of drug-likeness (QED) is 0.816. The number of hydrogen-bond acceptors (Lipinski definition) is 3. The van der Waals surface area contributed by atoms with E-state index in [2.05, 4.69) is 6.92 Å². The fourth-order valence-corrected chi connectivity index (χ4v) is 2.19. The minimum Gasteiger partial charge on any atom is -0.508 e. The summed E-state index contributed by atoms with van der Waals surface area (Å²) in [5.74, 6) is 0.384. The maximum atomic E-state index is 11.7. The van der Waals surface area contributed by atoms with Crippen LogP contribution in [-0.4, -0.2) is 22.6 Å². The highest BCUT2D eigenvalue weighted by molar-refractivity contribution is 5.85. The molecule has 0 aliphatic heterocycles. The molecule has 18 heavy (non-hydrogen) atoms. The second-order valence-electron chi connectivity index (χ2n) is 5.37. The summed E-state index contributed by atoms with van der Waals surface area (Å²) in [4.78, 5) is 11.7. The Morgan fingerprint density at radius 2 is 1.83 bits per heavy atom. The summed E-state index contributed by atoms with van der Waals surface area (Å²) in [7, 11) is 0. The standard InChI is InChI=1S/C15H22O3/c1-4-11(9-15(2,3)14(18)10-16)12-5-7-13(17)8-6-12/h5-8,11,16-17H,4,9-10H2,1-3H3. The molecule has 3 heteroatoms. The summed E-state index contributed by atoms with van der Waals surface area (Å²) >= 11 is 0. The molecular formula is C15H22O3. The van der Waals surface area contributed by atoms with Gasteiger partial charge in [0.2, 0.25) is 0 Å². The normalized spacial score (nSPS) is 13.3. The summed E-state index contributed by atoms with van der Waals surface area (Å²) in [5, 5.41) is 18.3. The maximum Gasteiger partial charge on any atom is 0.163 e. The molecule has 0 aliphatic carbocycles. The molecule has 1 atom stereocenters. The number of aliphatic hydroxyl groups is 1. The van der Waals surface area contributed by atoms with Gasteiger partial charge in [-0.25, -0.2) is 0 Å². The minimum absolute atomic E-state index is 0.125. The average molecular weight is 250 g/mol. The van der Waals surface area contributed by atoms with E-state index >= 15 is 0 Å². The van der Waals surface area contributed by atoms with Gasteiger partial charge in [0.15, 0.2) is 5.78 Å². The molecule has 0 bridgehead atoms. The molecule has 1 unspecified atom stereocenters. The van der Waals surface area contributed by atoms with E-state index in [1.165, 1.54) is 0 Å². The Morgan fingerprint density at radius 3 is 2.28 bits per heavy atom. The first kappa shape index (κ1) is 14.7. The Bertz CT molecular complexity index is 393. The lowest BCUT2D eigenvalue weighted by atomic mass is 9.76. The third kappa shape index (κ3) is 3.57. The molecule has 0 amide bonds. The Balaban J connectivity index is 2.85. The van der Waals surface area contributed by atoms with Crippen molar-refractivity contribution in [1.82, 2.24) is 0 Å². The molecule has 0 fully saturated rings. The van der Waals surface area contributed by atoms with E-state index in [9.17, 15) is 9.90 Å². The molecule has 100 valence electrons. The number of carbonyl (C=O) groups is 1. The van der Waals surface area contributed by atoms with Crippen molar-refractivity contribution < 1.29 is 15.0 Å². The Labute approximate surface area is 108 Å². The van der Waals surface area contributed by atoms with E-state index in [1.54, 1.807) is 12.1 Å². The maximum absolute atomic E-state index is 11.7. The number of hydrogen-bond donors (Lipinski definition) is 2. The molecule has 0 heterocycles. The summed E-state index contributed by atoms with van der Waals surface area (Å²) < 4.78 is 0. The molecule has 1 aromatic rings. The molecule has 0 aromatic heterocycles. The number of rotatable bonds is 6. The topological polar surface area (TPSA) is 57.5 Å². The van der Waals surface area contributed by atoms with Crippen LogP contribution in [0.3, 0.4) is 0 Å². The zero-order valence-electron chi connectivity index (χ0n) is 11.3. The molecule has 0 saturated heterocycles. The van der Waals surface area contributed by atoms with Gasteiger partial charge in [0.1, 0.15) is 12.4 Å². The molecule has 0 saturated carbocycles. The third-order valence-corrected chi connectivity index (χ3v) is 3.51. The van der Waals surface area contributed by atoms with Crippen molar-refractivity contribution in [3.8, 4) is 5.75 Å². The van der Waals surface area contributed by atoms with Crippen molar-refractivity contribution in [3.05, 3.63) is 29.8 Å². The van der Waals surface area contributed by atoms with Crippen molar-refractivity contribution in [2.45, 2.75) is 39.5 Å². The molecule has 0 spiro atoms. The van der Waals surface area contributed by atoms with Crippen LogP contribution in [0, 0.1) is 5.41 Å². The van der Waals surface area contributed by atoms with Crippen LogP contribution in [0.1, 0.15) is 45.1 Å². The number of phenolic OH excluding ortho intramolecular Hbond substituents is 1. The number of aliphatic hydroxyl groups excluding tert-OH is 1. The highest BCUT2D eigenvalue weighted by atomic mass is 16.3. The van der Waals surface area contributed by atoms with Crippen molar-refractivity contribution in [3.63, 3.8) is 0 Å². The minimum atomic E-state index is -0.521. The molecular weight excluding hydrogens is 228 g/mol. The molecule has 1 rings (SSSR count). The summed E-state index contributed by atoms with van der Waals surface area (Å²) in [6.45, 7) is 5.42. The van der Waals surface area contributed by atoms with Crippen LogP contribution < -0.4 is 0 Å². The average Bonchev–Trinajstić information content (AvgIpc) is 2.36. The summed E-state index contributed by atoms with van der Waals surface area (Å²) in [6.07, 6.45) is 1.63. The zero-order chi connectivity index (χ0) is 13.8. The van der Waals surface area contributed by atoms with Crippen molar-refractivity contribution >= 4 is 5.78 Å². The number of benzene rings is 1. The number of ketones is 1. The van der Waals surface area contributed by atoms with E-state index in [1.807, 2.05) is 26.0 Å². The second-order valence-corrected chi connectivity index (χ2v) is 5.37. The first-order valence-electron chi connectivity index (χ1n) is 6.33. The van der Waals surface area contributed by atoms with Crippen LogP contribution in [0.5, 0.6) is 5.75 Å². The van der Waals surface area contributed by atoms with E-state index in [4.69, 9.17) is 5.11 Å². The largest absolute Gasteiger partial charge is 0.508 e. The highest BCUT2D eigenvalue weighted by Gasteiger charge is 2.30. The third-order valence-electron chi connectivity index (χ3n) is 3.51. The Hall–Kier alpha value is -1.35. The van der Waals surface area contributed by atoms with Gasteiger partial charge in [0.05, 0.1) is 0 Å². The van der Waals surface area contributed by atoms with Gasteiger partial charge in [0.25, 0.3) is 0 Å². The summed E-state index contributed by atoms with van der Waals surface area (Å²) in [6, 6.07) is 7.11. The summed E-state index contributed by atoms with van der Waals surface area (Å²) in [5.41, 5.74) is 0.599. The Kier molecular flexibility index (Phi) is 4.91. The predicted molar refractivity (Wildman–Crippen MR) is 71.6 cm³/mol. The van der Waals surface area contributed by atoms with E-state index in [0.29, 0.717) is 6.42 Å². The lowest BCUT2D eigenvalue weighted by molar-refractivity contribution is -0.130. The zero-order valence-corrected chi connectivity index (χ0v) is 11.3. The van der Waals surface area contributed by atoms with Crippen molar-refractivity contribution in [2.75, 3.05) is 6.61 Å². The number of Topliss-reactive ketones (excluding diaryl/α,β-unsaturated/α-hetero) is 1. The van der Waals surface area contributed by atoms with Gasteiger partial charge in [0, 0.05) is 5.41 Å². The monoisotopic (exact) mass is 250 g/mol. The number of aromatic hydroxyl groups is 1. The van der Waals surface area contributed by atoms with E-state index in [-0.39, 0.29) is 17.5 Å². The lowest BCUT2D eigenvalue weighted by Gasteiger charge is -2.27. The molecule has 0 radical (unpaired) electrons. The van der Waals surface area contributed by atoms with Gasteiger partial charge in [-0.2, -0.15) is 0 Å². The van der Waals surface area contributed by atoms with Crippen LogP contribution in [0.25, 0.3) is 0 Å². The second kappa shape index (κ2) is 6.01. The van der Waals surface area contributed by atoms with Crippen LogP contribution in [-0.2, 0) is 4.79 Å². The van der Waals surface area contributed by atoms with Gasteiger partial charge in [-0.05, 0) is 36.5 Å². The van der Waals surface area contributed by atoms with Crippen LogP contribution in [0.15, 0.2) is 24.3 Å². The van der Waals surface area contributed by atoms with Crippen molar-refractivity contribution in [1.29, 1.82) is 0 Å². The smallest absolute Gasteiger partial charge is 0.163 e. The molecule has 0 aliphatic rings. The van der Waals surface area contributed by atoms with E-state index in [0.717, 1.165) is 12.0 Å². The number of carbonyl (C=O) groups excluding carboxylic acids is 1. The van der Waals surface area contributed by atoms with Crippen LogP contribution >= 0.6 is 0 Å². The van der Waals surface area contributed by atoms with Gasteiger partial charge >= 0.3 is 0 Å². The number of phenols is 1. The van der Waals surface area contributed by atoms with Gasteiger partial charge in [-0.3, -0.25) is 4.79 Å². The predicted octanol–water partition coefficient (Wildman–Crippen LogP) is 2.86. The SMILES string of the molecule is CCC(CC(C)(C)C(=O)CO)c1ccc(O)cc1. The van der Waals surface area contributed by atoms with Crippen LogP contribution in [0.2, 0.25) is 0 Å². The van der Waals surface area contributed by atoms with Crippen molar-refractivity contribution in [2.24, 2.45) is 5.41 Å². The first-order valence-corrected chi connectivity index (χ1v) is 6.33. The fraction of sp³-hybridized carbons (Fsp3) is 0.533. The van der Waals surface area contributed by atoms with Crippen LogP contribution in [0.4, 0.5) is 0 Å². The lowest BCUT2D eigenvalue weighted by Crippen LogP contribution is -2.29. The first-order chi connectivity index (χ1) is 8.40.